The van der Waals surface area contributed by atoms with E-state index in [9.17, 15) is 26.7 Å². The van der Waals surface area contributed by atoms with Gasteiger partial charge in [0.1, 0.15) is 17.1 Å². The first-order chi connectivity index (χ1) is 19.1. The minimum Gasteiger partial charge on any atom is -0.428 e. The quantitative estimate of drug-likeness (QED) is 0.117. The average molecular weight is 672 g/mol. The van der Waals surface area contributed by atoms with Gasteiger partial charge in [-0.3, -0.25) is 4.98 Å². The molecule has 0 spiro atoms. The molecular formula is C28H26F5IN4O2. The van der Waals surface area contributed by atoms with Crippen LogP contribution in [0.25, 0.3) is 0 Å². The monoisotopic (exact) mass is 672 g/mol. The molecule has 1 aromatic heterocycles. The van der Waals surface area contributed by atoms with Crippen molar-refractivity contribution >= 4 is 28.6 Å². The van der Waals surface area contributed by atoms with Crippen molar-refractivity contribution < 1.29 is 31.5 Å². The Kier molecular flexibility index (Phi) is 11.1. The molecule has 2 aromatic carbocycles. The van der Waals surface area contributed by atoms with Crippen molar-refractivity contribution in [2.24, 2.45) is 0 Å². The fraction of sp³-hybridized carbons (Fsp3) is 0.321. The summed E-state index contributed by atoms with van der Waals surface area (Å²) in [6, 6.07) is 16.1. The predicted molar refractivity (Wildman–Crippen MR) is 146 cm³/mol. The van der Waals surface area contributed by atoms with Gasteiger partial charge >= 0.3 is 18.6 Å². The van der Waals surface area contributed by atoms with Gasteiger partial charge in [0.2, 0.25) is 0 Å². The first-order valence-electron chi connectivity index (χ1n) is 12.3. The van der Waals surface area contributed by atoms with Crippen LogP contribution in [0.5, 0.6) is 5.75 Å². The number of nitriles is 1. The van der Waals surface area contributed by atoms with Crippen LogP contribution in [0.15, 0.2) is 66.9 Å². The molecule has 12 heteroatoms. The second-order valence-electron chi connectivity index (χ2n) is 8.92. The van der Waals surface area contributed by atoms with Crippen LogP contribution < -0.4 is 15.4 Å². The Labute approximate surface area is 242 Å². The van der Waals surface area contributed by atoms with Crippen molar-refractivity contribution in [2.45, 2.75) is 50.2 Å². The van der Waals surface area contributed by atoms with Gasteiger partial charge in [-0.15, -0.1) is 0 Å². The number of ether oxygens (including phenoxy) is 1. The van der Waals surface area contributed by atoms with E-state index in [2.05, 4.69) is 26.4 Å². The second-order valence-corrected chi connectivity index (χ2v) is 10.2. The van der Waals surface area contributed by atoms with Crippen molar-refractivity contribution in [2.75, 3.05) is 6.54 Å². The minimum atomic E-state index is -4.87. The zero-order valence-electron chi connectivity index (χ0n) is 21.1. The number of aromatic nitrogens is 1. The molecule has 2 amide bonds. The van der Waals surface area contributed by atoms with Crippen molar-refractivity contribution in [1.82, 2.24) is 15.6 Å². The zero-order chi connectivity index (χ0) is 29.2. The number of nitrogens with zero attached hydrogens (tertiary/aromatic N) is 2. The van der Waals surface area contributed by atoms with Gasteiger partial charge in [-0.1, -0.05) is 36.8 Å². The number of hydrogen-bond acceptors (Lipinski definition) is 4. The van der Waals surface area contributed by atoms with E-state index >= 15 is 0 Å². The third-order valence-electron chi connectivity index (χ3n) is 5.93. The lowest BCUT2D eigenvalue weighted by molar-refractivity contribution is -0.253. The maximum Gasteiger partial charge on any atom is 0.461 e. The number of urea groups is 1. The van der Waals surface area contributed by atoms with Gasteiger partial charge in [0.05, 0.1) is 11.8 Å². The van der Waals surface area contributed by atoms with Gasteiger partial charge in [-0.2, -0.15) is 22.8 Å². The summed E-state index contributed by atoms with van der Waals surface area (Å²) in [5.74, 6) is -1.89. The third-order valence-corrected chi connectivity index (χ3v) is 6.56. The lowest BCUT2D eigenvalue weighted by Crippen LogP contribution is -2.52. The Morgan fingerprint density at radius 1 is 1.07 bits per heavy atom. The van der Waals surface area contributed by atoms with Crippen LogP contribution in [0, 0.1) is 20.7 Å². The van der Waals surface area contributed by atoms with E-state index in [1.165, 1.54) is 6.20 Å². The number of carbonyl (C=O) groups excluding carboxylic acids is 1. The van der Waals surface area contributed by atoms with Crippen LogP contribution in [-0.4, -0.2) is 30.1 Å². The van der Waals surface area contributed by atoms with E-state index in [4.69, 9.17) is 5.26 Å². The van der Waals surface area contributed by atoms with E-state index in [0.29, 0.717) is 37.3 Å². The predicted octanol–water partition coefficient (Wildman–Crippen LogP) is 6.93. The van der Waals surface area contributed by atoms with Gasteiger partial charge in [0.15, 0.2) is 0 Å². The average Bonchev–Trinajstić information content (AvgIpc) is 2.90. The van der Waals surface area contributed by atoms with Gasteiger partial charge in [-0.05, 0) is 70.8 Å². The molecular weight excluding hydrogens is 646 g/mol. The Balaban J connectivity index is 2.09. The zero-order valence-corrected chi connectivity index (χ0v) is 23.3. The number of carbonyl (C=O) groups is 1. The lowest BCUT2D eigenvalue weighted by Gasteiger charge is -2.36. The largest absolute Gasteiger partial charge is 0.461 e. The molecule has 1 heterocycles. The van der Waals surface area contributed by atoms with Gasteiger partial charge < -0.3 is 15.4 Å². The summed E-state index contributed by atoms with van der Waals surface area (Å²) >= 11 is 2.04. The van der Waals surface area contributed by atoms with Crippen LogP contribution in [0.4, 0.5) is 26.7 Å². The number of benzene rings is 2. The summed E-state index contributed by atoms with van der Waals surface area (Å²) < 4.78 is 73.0. The highest BCUT2D eigenvalue weighted by Gasteiger charge is 2.45. The van der Waals surface area contributed by atoms with Crippen molar-refractivity contribution in [3.05, 3.63) is 93.1 Å². The van der Waals surface area contributed by atoms with E-state index in [-0.39, 0.29) is 24.2 Å². The van der Waals surface area contributed by atoms with Crippen molar-refractivity contribution in [1.29, 1.82) is 5.26 Å². The molecule has 6 nitrogen and oxygen atoms in total. The molecule has 0 fully saturated rings. The van der Waals surface area contributed by atoms with Crippen molar-refractivity contribution in [3.63, 3.8) is 0 Å². The number of unbranched alkanes of at least 4 members (excludes halogenated alkanes) is 3. The molecule has 2 N–H and O–H groups in total. The number of halogens is 6. The summed E-state index contributed by atoms with van der Waals surface area (Å²) in [5, 5.41) is 14.2. The molecule has 212 valence electrons. The van der Waals surface area contributed by atoms with Crippen LogP contribution in [0.3, 0.4) is 0 Å². The Morgan fingerprint density at radius 2 is 1.82 bits per heavy atom. The van der Waals surface area contributed by atoms with Gasteiger partial charge in [0, 0.05) is 35.2 Å². The maximum absolute atomic E-state index is 14.9. The summed E-state index contributed by atoms with van der Waals surface area (Å²) in [4.78, 5) is 17.6. The number of amides is 2. The van der Waals surface area contributed by atoms with E-state index in [1.807, 2.05) is 22.6 Å². The summed E-state index contributed by atoms with van der Waals surface area (Å²) in [5.41, 5.74) is -0.742. The van der Waals surface area contributed by atoms with Gasteiger partial charge in [-0.25, -0.2) is 9.18 Å². The SMILES string of the molecule is N#CCCCCCNC(=O)N[C@@](Cc1ccccc1)(c1cc(F)cc(OC(F)(F)C(F)F)c1)c1ccc(I)cn1. The van der Waals surface area contributed by atoms with E-state index < -0.39 is 35.7 Å². The Morgan fingerprint density at radius 3 is 2.48 bits per heavy atom. The Bertz CT molecular complexity index is 1310. The maximum atomic E-state index is 14.9. The highest BCUT2D eigenvalue weighted by Crippen LogP contribution is 2.37. The van der Waals surface area contributed by atoms with Crippen molar-refractivity contribution in [3.8, 4) is 11.8 Å². The van der Waals surface area contributed by atoms with Crippen LogP contribution in [0.2, 0.25) is 0 Å². The first kappa shape index (κ1) is 31.1. The third kappa shape index (κ3) is 8.51. The number of alkyl halides is 4. The molecule has 0 aliphatic carbocycles. The van der Waals surface area contributed by atoms with Crippen LogP contribution >= 0.6 is 22.6 Å². The number of rotatable bonds is 13. The molecule has 0 unspecified atom stereocenters. The standard InChI is InChI=1S/C28H26F5IN4O2/c29-21-14-20(15-23(16-21)40-28(32,33)25(30)31)27(17-19-8-4-3-5-9-19,24-11-10-22(34)18-37-24)38-26(39)36-13-7-2-1-6-12-35/h3-5,8-11,14-16,18,25H,1-2,6-7,13,17H2,(H2,36,38,39)/t27-/m0/s1. The first-order valence-corrected chi connectivity index (χ1v) is 13.4. The highest BCUT2D eigenvalue weighted by atomic mass is 127. The molecule has 40 heavy (non-hydrogen) atoms. The number of hydrogen-bond donors (Lipinski definition) is 2. The molecule has 0 aliphatic heterocycles. The fourth-order valence-corrected chi connectivity index (χ4v) is 4.39. The molecule has 3 aromatic rings. The molecule has 0 aliphatic rings. The molecule has 0 radical (unpaired) electrons. The van der Waals surface area contributed by atoms with E-state index in [0.717, 1.165) is 15.7 Å². The molecule has 0 saturated carbocycles. The molecule has 0 bridgehead atoms. The summed E-state index contributed by atoms with van der Waals surface area (Å²) in [7, 11) is 0. The minimum absolute atomic E-state index is 0.00511. The second kappa shape index (κ2) is 14.2. The van der Waals surface area contributed by atoms with Gasteiger partial charge in [0.25, 0.3) is 0 Å². The van der Waals surface area contributed by atoms with Crippen LogP contribution in [-0.2, 0) is 12.0 Å². The normalized spacial score (nSPS) is 12.8. The van der Waals surface area contributed by atoms with E-state index in [1.54, 1.807) is 42.5 Å². The van der Waals surface area contributed by atoms with Crippen LogP contribution in [0.1, 0.15) is 42.5 Å². The number of nitrogens with one attached hydrogen (secondary N) is 2. The lowest BCUT2D eigenvalue weighted by atomic mass is 9.80. The molecule has 0 saturated heterocycles. The summed E-state index contributed by atoms with van der Waals surface area (Å²) in [6.45, 7) is 0.275. The molecule has 1 atom stereocenters. The topological polar surface area (TPSA) is 87.0 Å². The fourth-order valence-electron chi connectivity index (χ4n) is 4.07. The smallest absolute Gasteiger partial charge is 0.428 e. The number of pyridine rings is 1. The molecule has 3 rings (SSSR count). The Hall–Kier alpha value is -3.47. The summed E-state index contributed by atoms with van der Waals surface area (Å²) in [6.07, 6.45) is -5.10. The highest BCUT2D eigenvalue weighted by molar-refractivity contribution is 14.1.